The second-order valence-corrected chi connectivity index (χ2v) is 5.74. The topological polar surface area (TPSA) is 49.8 Å². The average Bonchev–Trinajstić information content (AvgIpc) is 3.16. The molecule has 2 N–H and O–H groups in total. The Balaban J connectivity index is 1.60. The molecule has 2 aromatic heterocycles. The summed E-state index contributed by atoms with van der Waals surface area (Å²) < 4.78 is 1.98. The van der Waals surface area contributed by atoms with Crippen molar-refractivity contribution in [1.29, 1.82) is 0 Å². The number of hydrogen-bond donors (Lipinski definition) is 2. The summed E-state index contributed by atoms with van der Waals surface area (Å²) >= 11 is 0. The van der Waals surface area contributed by atoms with Crippen molar-refractivity contribution in [2.75, 3.05) is 5.32 Å². The molecule has 0 unspecified atom stereocenters. The minimum atomic E-state index is -0.0299. The van der Waals surface area contributed by atoms with E-state index in [0.717, 1.165) is 22.1 Å². The van der Waals surface area contributed by atoms with E-state index in [9.17, 15) is 4.79 Å². The standard InChI is InChI=1S/C19H17N3O/c1-13-4-2-7-18-14(13)9-11-22(18)12-19(23)21-17-6-3-5-16-15(17)8-10-20-16/h2-11,20H,12H2,1H3,(H,21,23). The van der Waals surface area contributed by atoms with E-state index >= 15 is 0 Å². The molecular weight excluding hydrogens is 286 g/mol. The van der Waals surface area contributed by atoms with Crippen LogP contribution in [0.1, 0.15) is 5.56 Å². The Morgan fingerprint density at radius 3 is 2.87 bits per heavy atom. The molecule has 0 atom stereocenters. The van der Waals surface area contributed by atoms with Gasteiger partial charge in [-0.1, -0.05) is 18.2 Å². The lowest BCUT2D eigenvalue weighted by molar-refractivity contribution is -0.116. The van der Waals surface area contributed by atoms with Gasteiger partial charge in [0.2, 0.25) is 5.91 Å². The van der Waals surface area contributed by atoms with Gasteiger partial charge in [-0.25, -0.2) is 0 Å². The van der Waals surface area contributed by atoms with Crippen molar-refractivity contribution in [1.82, 2.24) is 9.55 Å². The molecule has 114 valence electrons. The van der Waals surface area contributed by atoms with E-state index in [4.69, 9.17) is 0 Å². The molecule has 4 nitrogen and oxygen atoms in total. The maximum Gasteiger partial charge on any atom is 0.244 e. The molecule has 2 heterocycles. The van der Waals surface area contributed by atoms with Crippen LogP contribution < -0.4 is 5.32 Å². The van der Waals surface area contributed by atoms with Crippen molar-refractivity contribution in [3.8, 4) is 0 Å². The zero-order valence-corrected chi connectivity index (χ0v) is 12.8. The van der Waals surface area contributed by atoms with Crippen molar-refractivity contribution >= 4 is 33.4 Å². The summed E-state index contributed by atoms with van der Waals surface area (Å²) in [5.41, 5.74) is 4.16. The number of nitrogens with zero attached hydrogens (tertiary/aromatic N) is 1. The Bertz CT molecular complexity index is 1010. The molecule has 0 aliphatic carbocycles. The van der Waals surface area contributed by atoms with Gasteiger partial charge in [-0.2, -0.15) is 0 Å². The molecule has 2 aromatic carbocycles. The fourth-order valence-corrected chi connectivity index (χ4v) is 3.05. The molecule has 0 spiro atoms. The van der Waals surface area contributed by atoms with Crippen LogP contribution in [-0.2, 0) is 11.3 Å². The van der Waals surface area contributed by atoms with Crippen molar-refractivity contribution < 1.29 is 4.79 Å². The number of carbonyl (C=O) groups is 1. The zero-order chi connectivity index (χ0) is 15.8. The Kier molecular flexibility index (Phi) is 3.15. The molecule has 4 aromatic rings. The third-order valence-corrected chi connectivity index (χ3v) is 4.21. The maximum absolute atomic E-state index is 12.4. The summed E-state index contributed by atoms with van der Waals surface area (Å²) in [4.78, 5) is 15.6. The van der Waals surface area contributed by atoms with Crippen LogP contribution in [-0.4, -0.2) is 15.5 Å². The smallest absolute Gasteiger partial charge is 0.244 e. The van der Waals surface area contributed by atoms with Gasteiger partial charge in [-0.05, 0) is 42.8 Å². The monoisotopic (exact) mass is 303 g/mol. The summed E-state index contributed by atoms with van der Waals surface area (Å²) in [5, 5.41) is 5.22. The van der Waals surface area contributed by atoms with Gasteiger partial charge >= 0.3 is 0 Å². The Labute approximate surface area is 133 Å². The highest BCUT2D eigenvalue weighted by Gasteiger charge is 2.09. The Hall–Kier alpha value is -3.01. The normalized spacial score (nSPS) is 11.2. The number of benzene rings is 2. The van der Waals surface area contributed by atoms with Gasteiger partial charge in [-0.15, -0.1) is 0 Å². The first-order valence-corrected chi connectivity index (χ1v) is 7.63. The molecule has 1 amide bonds. The second kappa shape index (κ2) is 5.32. The minimum absolute atomic E-state index is 0.0299. The second-order valence-electron chi connectivity index (χ2n) is 5.74. The highest BCUT2D eigenvalue weighted by Crippen LogP contribution is 2.23. The number of H-pyrrole nitrogens is 1. The Morgan fingerprint density at radius 2 is 1.96 bits per heavy atom. The number of fused-ring (bicyclic) bond motifs is 2. The van der Waals surface area contributed by atoms with Crippen molar-refractivity contribution in [3.05, 3.63) is 66.5 Å². The van der Waals surface area contributed by atoms with E-state index in [1.807, 2.05) is 53.4 Å². The van der Waals surface area contributed by atoms with Crippen LogP contribution in [0.15, 0.2) is 60.9 Å². The summed E-state index contributed by atoms with van der Waals surface area (Å²) in [6.07, 6.45) is 3.84. The molecule has 0 aliphatic rings. The predicted molar refractivity (Wildman–Crippen MR) is 93.6 cm³/mol. The molecule has 0 saturated carbocycles. The highest BCUT2D eigenvalue weighted by atomic mass is 16.1. The number of aryl methyl sites for hydroxylation is 1. The largest absolute Gasteiger partial charge is 0.361 e. The van der Waals surface area contributed by atoms with Crippen LogP contribution in [0.3, 0.4) is 0 Å². The fourth-order valence-electron chi connectivity index (χ4n) is 3.05. The predicted octanol–water partition coefficient (Wildman–Crippen LogP) is 4.07. The lowest BCUT2D eigenvalue weighted by Crippen LogP contribution is -2.18. The van der Waals surface area contributed by atoms with Crippen LogP contribution in [0.5, 0.6) is 0 Å². The zero-order valence-electron chi connectivity index (χ0n) is 12.8. The maximum atomic E-state index is 12.4. The third kappa shape index (κ3) is 2.38. The van der Waals surface area contributed by atoms with E-state index in [0.29, 0.717) is 6.54 Å². The number of carbonyl (C=O) groups excluding carboxylic acids is 1. The first-order valence-electron chi connectivity index (χ1n) is 7.63. The van der Waals surface area contributed by atoms with Crippen molar-refractivity contribution in [3.63, 3.8) is 0 Å². The average molecular weight is 303 g/mol. The van der Waals surface area contributed by atoms with Crippen molar-refractivity contribution in [2.24, 2.45) is 0 Å². The molecule has 4 rings (SSSR count). The summed E-state index contributed by atoms with van der Waals surface area (Å²) in [6, 6.07) is 16.0. The third-order valence-electron chi connectivity index (χ3n) is 4.21. The molecule has 0 fully saturated rings. The van der Waals surface area contributed by atoms with Crippen LogP contribution >= 0.6 is 0 Å². The molecular formula is C19H17N3O. The SMILES string of the molecule is Cc1cccc2c1ccn2CC(=O)Nc1cccc2[nH]ccc12. The number of aromatic amines is 1. The number of anilines is 1. The molecule has 4 heteroatoms. The van der Waals surface area contributed by atoms with Gasteiger partial charge in [0.25, 0.3) is 0 Å². The van der Waals surface area contributed by atoms with E-state index in [1.54, 1.807) is 0 Å². The summed E-state index contributed by atoms with van der Waals surface area (Å²) in [5.74, 6) is -0.0299. The van der Waals surface area contributed by atoms with Gasteiger partial charge in [0.05, 0.1) is 5.69 Å². The number of amides is 1. The molecule has 0 saturated heterocycles. The summed E-state index contributed by atoms with van der Waals surface area (Å²) in [7, 11) is 0. The highest BCUT2D eigenvalue weighted by molar-refractivity contribution is 6.01. The minimum Gasteiger partial charge on any atom is -0.361 e. The van der Waals surface area contributed by atoms with Gasteiger partial charge in [0.1, 0.15) is 6.54 Å². The number of aromatic nitrogens is 2. The van der Waals surface area contributed by atoms with E-state index in [1.165, 1.54) is 10.9 Å². The van der Waals surface area contributed by atoms with Gasteiger partial charge in [-0.3, -0.25) is 4.79 Å². The van der Waals surface area contributed by atoms with Crippen LogP contribution in [0.4, 0.5) is 5.69 Å². The molecule has 0 aliphatic heterocycles. The Morgan fingerprint density at radius 1 is 1.09 bits per heavy atom. The van der Waals surface area contributed by atoms with Crippen LogP contribution in [0.25, 0.3) is 21.8 Å². The quantitative estimate of drug-likeness (QED) is 0.589. The summed E-state index contributed by atoms with van der Waals surface area (Å²) in [6.45, 7) is 2.38. The van der Waals surface area contributed by atoms with E-state index in [-0.39, 0.29) is 5.91 Å². The molecule has 0 bridgehead atoms. The lowest BCUT2D eigenvalue weighted by atomic mass is 10.1. The number of rotatable bonds is 3. The van der Waals surface area contributed by atoms with Crippen LogP contribution in [0, 0.1) is 6.92 Å². The molecule has 0 radical (unpaired) electrons. The van der Waals surface area contributed by atoms with E-state index < -0.39 is 0 Å². The first kappa shape index (κ1) is 13.6. The first-order chi connectivity index (χ1) is 11.2. The van der Waals surface area contributed by atoms with Gasteiger partial charge in [0.15, 0.2) is 0 Å². The number of nitrogens with one attached hydrogen (secondary N) is 2. The number of hydrogen-bond acceptors (Lipinski definition) is 1. The lowest BCUT2D eigenvalue weighted by Gasteiger charge is -2.09. The van der Waals surface area contributed by atoms with Gasteiger partial charge in [0, 0.05) is 34.2 Å². The molecule has 23 heavy (non-hydrogen) atoms. The van der Waals surface area contributed by atoms with Crippen molar-refractivity contribution in [2.45, 2.75) is 13.5 Å². The van der Waals surface area contributed by atoms with Gasteiger partial charge < -0.3 is 14.9 Å². The fraction of sp³-hybridized carbons (Fsp3) is 0.105. The van der Waals surface area contributed by atoms with Crippen LogP contribution in [0.2, 0.25) is 0 Å². The van der Waals surface area contributed by atoms with E-state index in [2.05, 4.69) is 29.4 Å².